The molecule has 0 spiro atoms. The van der Waals surface area contributed by atoms with E-state index < -0.39 is 0 Å². The van der Waals surface area contributed by atoms with Gasteiger partial charge in [0.1, 0.15) is 12.1 Å². The Morgan fingerprint density at radius 1 is 1.03 bits per heavy atom. The summed E-state index contributed by atoms with van der Waals surface area (Å²) in [5, 5.41) is 8.69. The van der Waals surface area contributed by atoms with E-state index in [2.05, 4.69) is 25.2 Å². The van der Waals surface area contributed by atoms with Crippen molar-refractivity contribution in [3.8, 4) is 11.4 Å². The van der Waals surface area contributed by atoms with Crippen molar-refractivity contribution in [2.45, 2.75) is 4.90 Å². The fourth-order valence-corrected chi connectivity index (χ4v) is 4.59. The van der Waals surface area contributed by atoms with Gasteiger partial charge in [-0.25, -0.2) is 9.97 Å². The van der Waals surface area contributed by atoms with Gasteiger partial charge in [-0.15, -0.1) is 16.9 Å². The molecule has 10 heteroatoms. The summed E-state index contributed by atoms with van der Waals surface area (Å²) in [5.41, 5.74) is 2.82. The molecular weight excluding hydrogens is 438 g/mol. The molecule has 2 aromatic carbocycles. The Labute approximate surface area is 195 Å². The number of carbonyl (C=O) groups excluding carboxylic acids is 1. The van der Waals surface area contributed by atoms with E-state index in [0.717, 1.165) is 27.7 Å². The SMILES string of the molecule is COc1cccc(-n2nnc3c(N4CCN(C(=O)c5ccccc5SC)CC4)ncnc32)c1. The average Bonchev–Trinajstić information content (AvgIpc) is 3.33. The molecule has 0 atom stereocenters. The molecule has 0 saturated carbocycles. The van der Waals surface area contributed by atoms with Gasteiger partial charge in [-0.2, -0.15) is 4.68 Å². The summed E-state index contributed by atoms with van der Waals surface area (Å²) in [4.78, 5) is 27.0. The van der Waals surface area contributed by atoms with Gasteiger partial charge in [0, 0.05) is 37.1 Å². The molecule has 1 aliphatic rings. The van der Waals surface area contributed by atoms with Gasteiger partial charge in [0.05, 0.1) is 18.4 Å². The molecule has 5 rings (SSSR count). The molecule has 2 aromatic heterocycles. The number of nitrogens with zero attached hydrogens (tertiary/aromatic N) is 7. The van der Waals surface area contributed by atoms with Gasteiger partial charge in [-0.1, -0.05) is 23.4 Å². The van der Waals surface area contributed by atoms with E-state index in [4.69, 9.17) is 4.74 Å². The van der Waals surface area contributed by atoms with Crippen molar-refractivity contribution in [1.82, 2.24) is 29.9 Å². The minimum absolute atomic E-state index is 0.0661. The largest absolute Gasteiger partial charge is 0.497 e. The second kappa shape index (κ2) is 9.07. The normalized spacial score (nSPS) is 14.0. The van der Waals surface area contributed by atoms with Crippen molar-refractivity contribution < 1.29 is 9.53 Å². The lowest BCUT2D eigenvalue weighted by molar-refractivity contribution is 0.0743. The topological polar surface area (TPSA) is 89.3 Å². The highest BCUT2D eigenvalue weighted by molar-refractivity contribution is 7.98. The third-order valence-corrected chi connectivity index (χ3v) is 6.52. The van der Waals surface area contributed by atoms with Crippen molar-refractivity contribution in [1.29, 1.82) is 0 Å². The maximum absolute atomic E-state index is 13.1. The number of methoxy groups -OCH3 is 1. The first kappa shape index (κ1) is 21.2. The maximum atomic E-state index is 13.1. The highest BCUT2D eigenvalue weighted by Gasteiger charge is 2.26. The number of carbonyl (C=O) groups is 1. The van der Waals surface area contributed by atoms with Gasteiger partial charge in [-0.3, -0.25) is 4.79 Å². The molecule has 1 amide bonds. The zero-order valence-electron chi connectivity index (χ0n) is 18.4. The Morgan fingerprint density at radius 3 is 2.64 bits per heavy atom. The van der Waals surface area contributed by atoms with Gasteiger partial charge < -0.3 is 14.5 Å². The Morgan fingerprint density at radius 2 is 1.85 bits per heavy atom. The van der Waals surface area contributed by atoms with Crippen LogP contribution in [0.2, 0.25) is 0 Å². The van der Waals surface area contributed by atoms with Crippen molar-refractivity contribution in [3.63, 3.8) is 0 Å². The predicted octanol–water partition coefficient (Wildman–Crippen LogP) is 2.90. The van der Waals surface area contributed by atoms with Crippen LogP contribution in [-0.2, 0) is 0 Å². The van der Waals surface area contributed by atoms with Crippen LogP contribution in [0.15, 0.2) is 59.8 Å². The van der Waals surface area contributed by atoms with Crippen LogP contribution in [-0.4, -0.2) is 75.3 Å². The van der Waals surface area contributed by atoms with Crippen LogP contribution in [0, 0.1) is 0 Å². The number of thioether (sulfide) groups is 1. The van der Waals surface area contributed by atoms with Crippen molar-refractivity contribution in [2.75, 3.05) is 44.4 Å². The maximum Gasteiger partial charge on any atom is 0.255 e. The molecule has 0 radical (unpaired) electrons. The van der Waals surface area contributed by atoms with Crippen LogP contribution in [0.3, 0.4) is 0 Å². The minimum atomic E-state index is 0.0661. The summed E-state index contributed by atoms with van der Waals surface area (Å²) in [7, 11) is 1.63. The van der Waals surface area contributed by atoms with Crippen molar-refractivity contribution in [3.05, 3.63) is 60.4 Å². The van der Waals surface area contributed by atoms with Crippen LogP contribution in [0.4, 0.5) is 5.82 Å². The zero-order chi connectivity index (χ0) is 22.8. The minimum Gasteiger partial charge on any atom is -0.497 e. The Bertz CT molecular complexity index is 1300. The van der Waals surface area contributed by atoms with E-state index in [1.807, 2.05) is 59.7 Å². The van der Waals surface area contributed by atoms with E-state index in [0.29, 0.717) is 37.3 Å². The summed E-state index contributed by atoms with van der Waals surface area (Å²) < 4.78 is 7.01. The summed E-state index contributed by atoms with van der Waals surface area (Å²) >= 11 is 1.59. The standard InChI is InChI=1S/C23H23N7O2S/c1-32-17-7-5-6-16(14-17)30-22-20(26-27-30)21(24-15-25-22)28-10-12-29(13-11-28)23(31)18-8-3-4-9-19(18)33-2/h3-9,14-15H,10-13H2,1-2H3. The van der Waals surface area contributed by atoms with E-state index in [1.54, 1.807) is 23.6 Å². The molecule has 168 valence electrons. The zero-order valence-corrected chi connectivity index (χ0v) is 19.2. The third kappa shape index (κ3) is 3.97. The molecule has 1 aliphatic heterocycles. The molecule has 9 nitrogen and oxygen atoms in total. The van der Waals surface area contributed by atoms with Crippen LogP contribution in [0.5, 0.6) is 5.75 Å². The number of piperazine rings is 1. The van der Waals surface area contributed by atoms with E-state index in [-0.39, 0.29) is 5.91 Å². The van der Waals surface area contributed by atoms with Gasteiger partial charge >= 0.3 is 0 Å². The Hall–Kier alpha value is -3.66. The summed E-state index contributed by atoms with van der Waals surface area (Å²) in [6.07, 6.45) is 3.52. The molecule has 33 heavy (non-hydrogen) atoms. The lowest BCUT2D eigenvalue weighted by Crippen LogP contribution is -2.49. The van der Waals surface area contributed by atoms with Crippen LogP contribution in [0.1, 0.15) is 10.4 Å². The quantitative estimate of drug-likeness (QED) is 0.419. The third-order valence-electron chi connectivity index (χ3n) is 5.72. The fraction of sp³-hybridized carbons (Fsp3) is 0.261. The Kier molecular flexibility index (Phi) is 5.82. The second-order valence-electron chi connectivity index (χ2n) is 7.55. The van der Waals surface area contributed by atoms with Crippen LogP contribution < -0.4 is 9.64 Å². The summed E-state index contributed by atoms with van der Waals surface area (Å²) in [6.45, 7) is 2.53. The first-order chi connectivity index (χ1) is 16.2. The first-order valence-corrected chi connectivity index (χ1v) is 11.8. The van der Waals surface area contributed by atoms with Gasteiger partial charge in [0.15, 0.2) is 17.0 Å². The molecule has 1 fully saturated rings. The molecule has 0 bridgehead atoms. The van der Waals surface area contributed by atoms with Gasteiger partial charge in [0.25, 0.3) is 5.91 Å². The first-order valence-electron chi connectivity index (χ1n) is 10.6. The lowest BCUT2D eigenvalue weighted by Gasteiger charge is -2.35. The van der Waals surface area contributed by atoms with Crippen LogP contribution in [0.25, 0.3) is 16.9 Å². The summed E-state index contributed by atoms with van der Waals surface area (Å²) in [5.74, 6) is 1.52. The predicted molar refractivity (Wildman–Crippen MR) is 127 cm³/mol. The molecule has 0 aliphatic carbocycles. The number of aromatic nitrogens is 5. The number of hydrogen-bond donors (Lipinski definition) is 0. The monoisotopic (exact) mass is 461 g/mol. The molecule has 0 unspecified atom stereocenters. The summed E-state index contributed by atoms with van der Waals surface area (Å²) in [6, 6.07) is 15.3. The van der Waals surface area contributed by atoms with E-state index >= 15 is 0 Å². The number of fused-ring (bicyclic) bond motifs is 1. The molecule has 1 saturated heterocycles. The smallest absolute Gasteiger partial charge is 0.255 e. The van der Waals surface area contributed by atoms with E-state index in [1.165, 1.54) is 6.33 Å². The highest BCUT2D eigenvalue weighted by Crippen LogP contribution is 2.26. The number of rotatable bonds is 5. The number of anilines is 1. The molecule has 0 N–H and O–H groups in total. The van der Waals surface area contributed by atoms with Gasteiger partial charge in [-0.05, 0) is 30.5 Å². The van der Waals surface area contributed by atoms with Crippen LogP contribution >= 0.6 is 11.8 Å². The number of hydrogen-bond acceptors (Lipinski definition) is 8. The second-order valence-corrected chi connectivity index (χ2v) is 8.40. The molecule has 4 aromatic rings. The lowest BCUT2D eigenvalue weighted by atomic mass is 10.2. The van der Waals surface area contributed by atoms with E-state index in [9.17, 15) is 4.79 Å². The number of amides is 1. The van der Waals surface area contributed by atoms with Crippen molar-refractivity contribution in [2.24, 2.45) is 0 Å². The number of benzene rings is 2. The average molecular weight is 462 g/mol. The highest BCUT2D eigenvalue weighted by atomic mass is 32.2. The molecular formula is C23H23N7O2S. The number of ether oxygens (including phenoxy) is 1. The fourth-order valence-electron chi connectivity index (χ4n) is 4.00. The Balaban J connectivity index is 1.37. The molecule has 3 heterocycles. The van der Waals surface area contributed by atoms with Crippen molar-refractivity contribution >= 4 is 34.7 Å². The van der Waals surface area contributed by atoms with Gasteiger partial charge in [0.2, 0.25) is 0 Å².